The molecule has 0 aliphatic carbocycles. The first-order chi connectivity index (χ1) is 40.9. The number of nitrogens with zero attached hydrogens (tertiary/aromatic N) is 5. The van der Waals surface area contributed by atoms with Crippen LogP contribution in [0.15, 0.2) is 231 Å². The molecule has 18 aromatic rings. The first-order valence-corrected chi connectivity index (χ1v) is 30.0. The summed E-state index contributed by atoms with van der Waals surface area (Å²) in [4.78, 5) is 0. The van der Waals surface area contributed by atoms with Gasteiger partial charge in [0.05, 0.1) is 76.3 Å². The highest BCUT2D eigenvalue weighted by atomic mass is 32.1. The van der Waals surface area contributed by atoms with Gasteiger partial charge in [0.1, 0.15) is 11.6 Å². The number of hydrogen-bond donors (Lipinski definition) is 0. The first kappa shape index (κ1) is 46.5. The van der Waals surface area contributed by atoms with Crippen molar-refractivity contribution in [3.63, 3.8) is 0 Å². The van der Waals surface area contributed by atoms with Crippen LogP contribution in [0.1, 0.15) is 22.3 Å². The molecule has 0 unspecified atom stereocenters. The molecule has 388 valence electrons. The Balaban J connectivity index is 1.22. The maximum absolute atomic E-state index is 13.3. The van der Waals surface area contributed by atoms with Crippen molar-refractivity contribution >= 4 is 150 Å². The molecule has 6 heterocycles. The fourth-order valence-corrected chi connectivity index (χ4v) is 16.9. The summed E-state index contributed by atoms with van der Waals surface area (Å²) in [6, 6.07) is 88.1. The van der Waals surface area contributed by atoms with Gasteiger partial charge in [-0.3, -0.25) is 0 Å². The number of fused-ring (bicyclic) bond motifs is 20. The Bertz CT molecular complexity index is 5480. The van der Waals surface area contributed by atoms with Crippen LogP contribution in [0.3, 0.4) is 0 Å². The van der Waals surface area contributed by atoms with E-state index in [4.69, 9.17) is 0 Å². The van der Waals surface area contributed by atoms with Gasteiger partial charge >= 0.3 is 0 Å². The molecule has 0 saturated carbocycles. The van der Waals surface area contributed by atoms with E-state index in [1.165, 1.54) is 57.0 Å². The van der Waals surface area contributed by atoms with Gasteiger partial charge in [0.2, 0.25) is 0 Å². The second-order valence-corrected chi connectivity index (χ2v) is 24.4. The third-order valence-electron chi connectivity index (χ3n) is 18.1. The first-order valence-electron chi connectivity index (χ1n) is 28.3. The molecule has 0 aliphatic heterocycles. The van der Waals surface area contributed by atoms with Gasteiger partial charge in [-0.05, 0) is 91.6 Å². The van der Waals surface area contributed by atoms with Gasteiger partial charge in [0.15, 0.2) is 0 Å². The Morgan fingerprint density at radius 2 is 0.614 bits per heavy atom. The van der Waals surface area contributed by atoms with Crippen molar-refractivity contribution in [3.05, 3.63) is 253 Å². The van der Waals surface area contributed by atoms with Crippen LogP contribution in [0.5, 0.6) is 0 Å². The molecule has 18 rings (SSSR count). The molecule has 12 aromatic carbocycles. The van der Waals surface area contributed by atoms with Crippen molar-refractivity contribution in [3.8, 4) is 39.9 Å². The van der Waals surface area contributed by atoms with E-state index >= 15 is 0 Å². The van der Waals surface area contributed by atoms with Crippen LogP contribution < -0.4 is 0 Å². The highest BCUT2D eigenvalue weighted by Crippen LogP contribution is 2.54. The van der Waals surface area contributed by atoms with Crippen LogP contribution in [0.25, 0.3) is 161 Å². The van der Waals surface area contributed by atoms with Gasteiger partial charge < -0.3 is 18.3 Å². The van der Waals surface area contributed by atoms with E-state index in [-0.39, 0.29) is 0 Å². The predicted molar refractivity (Wildman–Crippen MR) is 354 cm³/mol. The summed E-state index contributed by atoms with van der Waals surface area (Å²) in [7, 11) is 0. The molecule has 83 heavy (non-hydrogen) atoms. The van der Waals surface area contributed by atoms with Gasteiger partial charge in [-0.25, -0.2) is 0 Å². The van der Waals surface area contributed by atoms with Crippen LogP contribution in [0.4, 0.5) is 0 Å². The quantitative estimate of drug-likeness (QED) is 0.169. The molecule has 6 aromatic heterocycles. The van der Waals surface area contributed by atoms with Gasteiger partial charge in [0.25, 0.3) is 0 Å². The lowest BCUT2D eigenvalue weighted by Gasteiger charge is -2.30. The van der Waals surface area contributed by atoms with E-state index in [2.05, 4.69) is 276 Å². The summed E-state index contributed by atoms with van der Waals surface area (Å²) in [5, 5.41) is 27.2. The smallest absolute Gasteiger partial charge is 0.104 e. The van der Waals surface area contributed by atoms with Crippen molar-refractivity contribution in [2.45, 2.75) is 20.8 Å². The zero-order valence-corrected chi connectivity index (χ0v) is 47.1. The molecule has 0 radical (unpaired) electrons. The van der Waals surface area contributed by atoms with E-state index in [9.17, 15) is 5.26 Å². The Morgan fingerprint density at radius 1 is 0.313 bits per heavy atom. The maximum Gasteiger partial charge on any atom is 0.104 e. The molecule has 0 amide bonds. The van der Waals surface area contributed by atoms with E-state index in [1.54, 1.807) is 0 Å². The minimum absolute atomic E-state index is 0.560. The van der Waals surface area contributed by atoms with E-state index < -0.39 is 0 Å². The fraction of sp³-hybridized carbons (Fsp3) is 0.0395. The predicted octanol–water partition coefficient (Wildman–Crippen LogP) is 21.3. The number of benzene rings is 12. The summed E-state index contributed by atoms with van der Waals surface area (Å²) in [6.07, 6.45) is 0. The Hall–Kier alpha value is -10.2. The number of aromatic nitrogens is 4. The van der Waals surface area contributed by atoms with Gasteiger partial charge in [-0.1, -0.05) is 182 Å². The second-order valence-electron chi connectivity index (χ2n) is 22.3. The summed E-state index contributed by atoms with van der Waals surface area (Å²) in [6.45, 7) is 6.76. The molecular formula is C76H47N5S2. The largest absolute Gasteiger partial charge is 0.306 e. The summed E-state index contributed by atoms with van der Waals surface area (Å²) in [5.74, 6) is 0. The van der Waals surface area contributed by atoms with Crippen LogP contribution in [0.2, 0.25) is 0 Å². The monoisotopic (exact) mass is 1090 g/mol. The average molecular weight is 1090 g/mol. The number of nitriles is 1. The van der Waals surface area contributed by atoms with Crippen molar-refractivity contribution in [1.29, 1.82) is 5.26 Å². The average Bonchev–Trinajstić information content (AvgIpc) is 1.85. The summed E-state index contributed by atoms with van der Waals surface area (Å²) >= 11 is 3.68. The van der Waals surface area contributed by atoms with E-state index in [0.29, 0.717) is 5.56 Å². The molecule has 5 nitrogen and oxygen atoms in total. The number of rotatable bonds is 5. The Labute approximate surface area is 484 Å². The molecule has 0 fully saturated rings. The number of thiophene rings is 2. The highest BCUT2D eigenvalue weighted by Gasteiger charge is 2.36. The number of aryl methyl sites for hydroxylation is 2. The minimum atomic E-state index is 0.560. The SMILES string of the molecule is Cc1cc(-c2c(-n3c4ccccc4c4ccccc43)c(-n3c4ccccc4c4ccc5c6ccccc6sc5c43)c(C#N)c(-n3c4ccccc4c4ccc5c6ccccc6sc5c43)c2-n2c3ccccc3c3ccccc32)cc(C)c1C. The van der Waals surface area contributed by atoms with Gasteiger partial charge in [-0.2, -0.15) is 5.26 Å². The van der Waals surface area contributed by atoms with Crippen molar-refractivity contribution < 1.29 is 0 Å². The lowest BCUT2D eigenvalue weighted by molar-refractivity contribution is 1.04. The van der Waals surface area contributed by atoms with E-state index in [0.717, 1.165) is 121 Å². The highest BCUT2D eigenvalue weighted by molar-refractivity contribution is 7.27. The van der Waals surface area contributed by atoms with Crippen molar-refractivity contribution in [2.75, 3.05) is 0 Å². The standard InChI is InChI=1S/C76H47N5S2/c1-43-40-46(41-44(2)45(43)3)68-73(78-60-28-12-4-20-47(60)48-21-5-13-29-61(48)78)69(80-64-32-16-8-24-51(64)55-36-38-57-53-26-10-18-34-66(53)82-75(57)71(55)80)59(42-77)70(74(68)79-62-30-14-6-22-49(62)50-23-7-15-31-63(50)79)81-65-33-17-9-25-52(65)56-37-39-58-54-27-11-19-35-67(54)83-76(58)72(56)81/h4-41H,1-3H3. The molecule has 0 N–H and O–H groups in total. The summed E-state index contributed by atoms with van der Waals surface area (Å²) in [5.41, 5.74) is 18.2. The molecule has 0 spiro atoms. The van der Waals surface area contributed by atoms with Crippen molar-refractivity contribution in [2.24, 2.45) is 0 Å². The van der Waals surface area contributed by atoms with Crippen LogP contribution in [-0.4, -0.2) is 18.3 Å². The van der Waals surface area contributed by atoms with Gasteiger partial charge in [-0.15, -0.1) is 22.7 Å². The normalized spacial score (nSPS) is 12.3. The molecule has 7 heteroatoms. The number of hydrogen-bond acceptors (Lipinski definition) is 3. The third-order valence-corrected chi connectivity index (χ3v) is 20.5. The summed E-state index contributed by atoms with van der Waals surface area (Å²) < 4.78 is 14.9. The molecule has 0 atom stereocenters. The maximum atomic E-state index is 13.3. The second kappa shape index (κ2) is 17.2. The Kier molecular flexibility index (Phi) is 9.61. The molecule has 0 aliphatic rings. The zero-order chi connectivity index (χ0) is 54.9. The zero-order valence-electron chi connectivity index (χ0n) is 45.5. The molecule has 0 saturated heterocycles. The van der Waals surface area contributed by atoms with Crippen LogP contribution in [-0.2, 0) is 0 Å². The minimum Gasteiger partial charge on any atom is -0.306 e. The lowest BCUT2D eigenvalue weighted by Crippen LogP contribution is -2.16. The Morgan fingerprint density at radius 3 is 0.976 bits per heavy atom. The lowest BCUT2D eigenvalue weighted by atomic mass is 9.90. The molecular weight excluding hydrogens is 1050 g/mol. The van der Waals surface area contributed by atoms with Crippen molar-refractivity contribution in [1.82, 2.24) is 18.3 Å². The van der Waals surface area contributed by atoms with Crippen LogP contribution >= 0.6 is 22.7 Å². The van der Waals surface area contributed by atoms with E-state index in [1.807, 2.05) is 22.7 Å². The fourth-order valence-electron chi connectivity index (χ4n) is 14.4. The topological polar surface area (TPSA) is 43.5 Å². The number of para-hydroxylation sites is 6. The molecule has 0 bridgehead atoms. The van der Waals surface area contributed by atoms with Crippen LogP contribution in [0, 0.1) is 32.1 Å². The van der Waals surface area contributed by atoms with Gasteiger partial charge in [0, 0.05) is 79.6 Å². The third kappa shape index (κ3) is 6.18.